The van der Waals surface area contributed by atoms with Crippen molar-refractivity contribution >= 4 is 12.3 Å². The fraction of sp³-hybridized carbons (Fsp3) is 0.429. The Morgan fingerprint density at radius 3 is 2.59 bits per heavy atom. The Morgan fingerprint density at radius 1 is 1.24 bits per heavy atom. The Kier molecular flexibility index (Phi) is 6.37. The van der Waals surface area contributed by atoms with E-state index in [2.05, 4.69) is 60.9 Å². The third-order valence-electron chi connectivity index (χ3n) is 2.46. The number of rotatable bonds is 6. The fourth-order valence-corrected chi connectivity index (χ4v) is 1.50. The summed E-state index contributed by atoms with van der Waals surface area (Å²) in [4.78, 5) is 2.15. The Hall–Kier alpha value is -1.32. The molecule has 0 unspecified atom stereocenters. The summed E-state index contributed by atoms with van der Waals surface area (Å²) in [6.45, 7) is 2.61. The summed E-state index contributed by atoms with van der Waals surface area (Å²) in [5, 5.41) is 5.79. The minimum Gasteiger partial charge on any atom is -0.390 e. The molecular formula is C14H23N3. The van der Waals surface area contributed by atoms with Crippen LogP contribution in [0.15, 0.2) is 24.3 Å². The van der Waals surface area contributed by atoms with E-state index in [0.29, 0.717) is 0 Å². The van der Waals surface area contributed by atoms with Gasteiger partial charge in [-0.1, -0.05) is 30.3 Å². The lowest BCUT2D eigenvalue weighted by Crippen LogP contribution is -2.29. The summed E-state index contributed by atoms with van der Waals surface area (Å²) in [5.41, 5.74) is 5.45. The molecule has 0 radical (unpaired) electrons. The fourth-order valence-electron chi connectivity index (χ4n) is 1.50. The SMILES string of the molecule is CN(C)C/C=c1\cccc\c1=C/NCCCN. The van der Waals surface area contributed by atoms with Gasteiger partial charge in [0.05, 0.1) is 0 Å². The lowest BCUT2D eigenvalue weighted by Gasteiger charge is -2.04. The van der Waals surface area contributed by atoms with E-state index in [-0.39, 0.29) is 0 Å². The third kappa shape index (κ3) is 5.52. The highest BCUT2D eigenvalue weighted by molar-refractivity contribution is 5.31. The van der Waals surface area contributed by atoms with Crippen LogP contribution in [-0.4, -0.2) is 38.6 Å². The first kappa shape index (κ1) is 13.7. The predicted octanol–water partition coefficient (Wildman–Crippen LogP) is -0.295. The molecule has 0 heterocycles. The van der Waals surface area contributed by atoms with Crippen molar-refractivity contribution in [3.05, 3.63) is 34.7 Å². The van der Waals surface area contributed by atoms with Gasteiger partial charge in [0, 0.05) is 19.3 Å². The molecule has 0 amide bonds. The van der Waals surface area contributed by atoms with Crippen LogP contribution in [0.2, 0.25) is 0 Å². The monoisotopic (exact) mass is 233 g/mol. The van der Waals surface area contributed by atoms with Crippen LogP contribution < -0.4 is 21.5 Å². The van der Waals surface area contributed by atoms with Gasteiger partial charge < -0.3 is 16.0 Å². The van der Waals surface area contributed by atoms with Crippen molar-refractivity contribution in [3.63, 3.8) is 0 Å². The second kappa shape index (κ2) is 7.87. The van der Waals surface area contributed by atoms with Crippen molar-refractivity contribution in [2.45, 2.75) is 6.42 Å². The average Bonchev–Trinajstić information content (AvgIpc) is 2.33. The summed E-state index contributed by atoms with van der Waals surface area (Å²) in [7, 11) is 4.14. The van der Waals surface area contributed by atoms with Gasteiger partial charge in [0.25, 0.3) is 0 Å². The molecule has 3 nitrogen and oxygen atoms in total. The van der Waals surface area contributed by atoms with Crippen molar-refractivity contribution in [2.75, 3.05) is 33.7 Å². The molecule has 1 rings (SSSR count). The topological polar surface area (TPSA) is 41.3 Å². The largest absolute Gasteiger partial charge is 0.390 e. The minimum absolute atomic E-state index is 0.731. The second-order valence-electron chi connectivity index (χ2n) is 4.34. The van der Waals surface area contributed by atoms with Crippen molar-refractivity contribution in [1.82, 2.24) is 10.2 Å². The average molecular weight is 233 g/mol. The van der Waals surface area contributed by atoms with Crippen LogP contribution in [-0.2, 0) is 0 Å². The van der Waals surface area contributed by atoms with Gasteiger partial charge in [-0.25, -0.2) is 0 Å². The van der Waals surface area contributed by atoms with Crippen molar-refractivity contribution < 1.29 is 0 Å². The predicted molar refractivity (Wildman–Crippen MR) is 74.9 cm³/mol. The number of nitrogens with one attached hydrogen (secondary N) is 1. The van der Waals surface area contributed by atoms with Gasteiger partial charge in [0.1, 0.15) is 0 Å². The van der Waals surface area contributed by atoms with Crippen LogP contribution in [0.1, 0.15) is 6.42 Å². The van der Waals surface area contributed by atoms with E-state index < -0.39 is 0 Å². The van der Waals surface area contributed by atoms with Gasteiger partial charge in [-0.3, -0.25) is 0 Å². The quantitative estimate of drug-likeness (QED) is 0.663. The van der Waals surface area contributed by atoms with Crippen molar-refractivity contribution in [2.24, 2.45) is 5.73 Å². The van der Waals surface area contributed by atoms with E-state index in [1.54, 1.807) is 0 Å². The Labute approximate surface area is 104 Å². The van der Waals surface area contributed by atoms with E-state index >= 15 is 0 Å². The van der Waals surface area contributed by atoms with E-state index in [9.17, 15) is 0 Å². The molecule has 0 aliphatic heterocycles. The maximum Gasteiger partial charge on any atom is 0.0166 e. The number of benzene rings is 1. The van der Waals surface area contributed by atoms with Crippen molar-refractivity contribution in [3.8, 4) is 0 Å². The maximum absolute atomic E-state index is 5.45. The molecule has 0 saturated carbocycles. The summed E-state index contributed by atoms with van der Waals surface area (Å²) in [6, 6.07) is 8.39. The van der Waals surface area contributed by atoms with Crippen LogP contribution in [0, 0.1) is 0 Å². The molecule has 0 aliphatic rings. The van der Waals surface area contributed by atoms with Crippen LogP contribution in [0.5, 0.6) is 0 Å². The van der Waals surface area contributed by atoms with Crippen LogP contribution in [0.4, 0.5) is 0 Å². The molecule has 94 valence electrons. The summed E-state index contributed by atoms with van der Waals surface area (Å²) in [6.07, 6.45) is 5.30. The lowest BCUT2D eigenvalue weighted by atomic mass is 10.2. The van der Waals surface area contributed by atoms with Gasteiger partial charge in [0.2, 0.25) is 0 Å². The molecule has 1 aromatic rings. The third-order valence-corrected chi connectivity index (χ3v) is 2.46. The standard InChI is InChI=1S/C14H23N3/c1-17(2)11-8-13-6-3-4-7-14(13)12-16-10-5-9-15/h3-4,6-8,12,16H,5,9-11,15H2,1-2H3/b13-8+,14-12+. The zero-order valence-electron chi connectivity index (χ0n) is 10.8. The molecule has 0 saturated heterocycles. The first-order chi connectivity index (χ1) is 8.24. The molecule has 0 spiro atoms. The lowest BCUT2D eigenvalue weighted by molar-refractivity contribution is 0.467. The normalized spacial score (nSPS) is 13.4. The highest BCUT2D eigenvalue weighted by atomic mass is 15.0. The van der Waals surface area contributed by atoms with E-state index in [1.165, 1.54) is 10.4 Å². The molecule has 0 fully saturated rings. The van der Waals surface area contributed by atoms with Gasteiger partial charge in [-0.05, 0) is 37.5 Å². The summed E-state index contributed by atoms with van der Waals surface area (Å²) >= 11 is 0. The molecule has 0 bridgehead atoms. The van der Waals surface area contributed by atoms with Gasteiger partial charge in [-0.2, -0.15) is 0 Å². The highest BCUT2D eigenvalue weighted by Crippen LogP contribution is 1.76. The van der Waals surface area contributed by atoms with Gasteiger partial charge in [0.15, 0.2) is 0 Å². The van der Waals surface area contributed by atoms with Crippen molar-refractivity contribution in [1.29, 1.82) is 0 Å². The van der Waals surface area contributed by atoms with Crippen LogP contribution in [0.3, 0.4) is 0 Å². The molecule has 0 aromatic heterocycles. The summed E-state index contributed by atoms with van der Waals surface area (Å²) in [5.74, 6) is 0. The highest BCUT2D eigenvalue weighted by Gasteiger charge is 1.87. The molecule has 3 heteroatoms. The van der Waals surface area contributed by atoms with E-state index in [4.69, 9.17) is 5.73 Å². The molecule has 17 heavy (non-hydrogen) atoms. The zero-order valence-corrected chi connectivity index (χ0v) is 10.8. The van der Waals surface area contributed by atoms with Gasteiger partial charge in [-0.15, -0.1) is 0 Å². The smallest absolute Gasteiger partial charge is 0.0166 e. The Bertz CT molecular complexity index is 423. The van der Waals surface area contributed by atoms with E-state index in [0.717, 1.165) is 26.1 Å². The summed E-state index contributed by atoms with van der Waals surface area (Å²) < 4.78 is 0. The molecular weight excluding hydrogens is 210 g/mol. The maximum atomic E-state index is 5.45. The second-order valence-corrected chi connectivity index (χ2v) is 4.34. The first-order valence-corrected chi connectivity index (χ1v) is 6.07. The number of hydrogen-bond donors (Lipinski definition) is 2. The first-order valence-electron chi connectivity index (χ1n) is 6.07. The Balaban J connectivity index is 2.80. The van der Waals surface area contributed by atoms with Crippen LogP contribution >= 0.6 is 0 Å². The Morgan fingerprint density at radius 2 is 1.94 bits per heavy atom. The zero-order chi connectivity index (χ0) is 12.5. The molecule has 3 N–H and O–H groups in total. The number of nitrogens with two attached hydrogens (primary N) is 1. The van der Waals surface area contributed by atoms with Crippen LogP contribution in [0.25, 0.3) is 12.3 Å². The molecule has 0 aliphatic carbocycles. The number of hydrogen-bond acceptors (Lipinski definition) is 3. The number of nitrogens with zero attached hydrogens (tertiary/aromatic N) is 1. The molecule has 0 atom stereocenters. The molecule has 1 aromatic carbocycles. The van der Waals surface area contributed by atoms with Gasteiger partial charge >= 0.3 is 0 Å². The van der Waals surface area contributed by atoms with E-state index in [1.807, 2.05) is 0 Å². The minimum atomic E-state index is 0.731.